The van der Waals surface area contributed by atoms with Crippen LogP contribution in [0.4, 0.5) is 8.78 Å². The Morgan fingerprint density at radius 3 is 2.80 bits per heavy atom. The number of hydrogen-bond acceptors (Lipinski definition) is 3. The summed E-state index contributed by atoms with van der Waals surface area (Å²) in [6, 6.07) is -0.972. The summed E-state index contributed by atoms with van der Waals surface area (Å²) in [4.78, 5) is 9.96. The number of alkyl halides is 2. The van der Waals surface area contributed by atoms with Gasteiger partial charge in [-0.1, -0.05) is 0 Å². The molecule has 0 radical (unpaired) electrons. The van der Waals surface area contributed by atoms with Crippen molar-refractivity contribution in [1.82, 2.24) is 5.43 Å². The number of nitrogens with one attached hydrogen (secondary N) is 1. The topological polar surface area (TPSA) is 41.5 Å². The molecule has 0 aromatic carbocycles. The van der Waals surface area contributed by atoms with Crippen LogP contribution in [0.15, 0.2) is 5.10 Å². The Balaban J connectivity index is 2.43. The standard InChI is InChI=1S/C5H6F2N2O/c6-5(7)4-1-3(2-10)8-9-4/h2,4-5,9H,1H2. The normalized spacial score (nSPS) is 24.3. The fourth-order valence-electron chi connectivity index (χ4n) is 0.702. The molecule has 1 atom stereocenters. The van der Waals surface area contributed by atoms with Gasteiger partial charge < -0.3 is 5.43 Å². The lowest BCUT2D eigenvalue weighted by atomic mass is 10.2. The highest BCUT2D eigenvalue weighted by molar-refractivity contribution is 6.28. The van der Waals surface area contributed by atoms with Crippen LogP contribution in [0.1, 0.15) is 6.42 Å². The summed E-state index contributed by atoms with van der Waals surface area (Å²) in [5, 5.41) is 3.38. The quantitative estimate of drug-likeness (QED) is 0.567. The second-order valence-corrected chi connectivity index (χ2v) is 2.00. The summed E-state index contributed by atoms with van der Waals surface area (Å²) in [7, 11) is 0. The van der Waals surface area contributed by atoms with E-state index in [9.17, 15) is 13.6 Å². The summed E-state index contributed by atoms with van der Waals surface area (Å²) in [5.41, 5.74) is 2.32. The maximum absolute atomic E-state index is 11.8. The number of hydrazone groups is 1. The highest BCUT2D eigenvalue weighted by atomic mass is 19.3. The zero-order valence-electron chi connectivity index (χ0n) is 5.05. The lowest BCUT2D eigenvalue weighted by Crippen LogP contribution is -2.27. The number of halogens is 2. The van der Waals surface area contributed by atoms with Crippen molar-refractivity contribution in [2.45, 2.75) is 18.9 Å². The highest BCUT2D eigenvalue weighted by Crippen LogP contribution is 2.10. The third-order valence-electron chi connectivity index (χ3n) is 1.24. The fraction of sp³-hybridized carbons (Fsp3) is 0.600. The molecule has 0 bridgehead atoms. The van der Waals surface area contributed by atoms with E-state index in [1.165, 1.54) is 0 Å². The largest absolute Gasteiger partial charge is 0.300 e. The van der Waals surface area contributed by atoms with Crippen molar-refractivity contribution in [2.75, 3.05) is 0 Å². The molecule has 0 spiro atoms. The van der Waals surface area contributed by atoms with Gasteiger partial charge in [0.25, 0.3) is 6.43 Å². The first kappa shape index (κ1) is 7.11. The molecule has 3 nitrogen and oxygen atoms in total. The van der Waals surface area contributed by atoms with Crippen molar-refractivity contribution in [1.29, 1.82) is 0 Å². The van der Waals surface area contributed by atoms with Crippen molar-refractivity contribution in [2.24, 2.45) is 5.10 Å². The van der Waals surface area contributed by atoms with Gasteiger partial charge in [-0.3, -0.25) is 4.79 Å². The van der Waals surface area contributed by atoms with Crippen LogP contribution in [0.25, 0.3) is 0 Å². The van der Waals surface area contributed by atoms with Crippen LogP contribution in [0.3, 0.4) is 0 Å². The molecule has 1 unspecified atom stereocenters. The third kappa shape index (κ3) is 1.29. The molecule has 0 saturated heterocycles. The van der Waals surface area contributed by atoms with E-state index < -0.39 is 12.5 Å². The van der Waals surface area contributed by atoms with Crippen LogP contribution in [0, 0.1) is 0 Å². The van der Waals surface area contributed by atoms with E-state index in [-0.39, 0.29) is 12.1 Å². The first-order chi connectivity index (χ1) is 4.74. The van der Waals surface area contributed by atoms with Gasteiger partial charge in [0.2, 0.25) is 0 Å². The van der Waals surface area contributed by atoms with Gasteiger partial charge in [-0.15, -0.1) is 0 Å². The van der Waals surface area contributed by atoms with Gasteiger partial charge in [0, 0.05) is 6.42 Å². The molecule has 5 heteroatoms. The minimum absolute atomic E-state index is 0.0289. The van der Waals surface area contributed by atoms with Gasteiger partial charge in [0.05, 0.1) is 0 Å². The van der Waals surface area contributed by atoms with Crippen molar-refractivity contribution in [3.63, 3.8) is 0 Å². The second kappa shape index (κ2) is 2.72. The predicted octanol–water partition coefficient (Wildman–Crippen LogP) is 0.168. The zero-order chi connectivity index (χ0) is 7.56. The van der Waals surface area contributed by atoms with Gasteiger partial charge in [-0.25, -0.2) is 8.78 Å². The van der Waals surface area contributed by atoms with Crippen LogP contribution < -0.4 is 5.43 Å². The summed E-state index contributed by atoms with van der Waals surface area (Å²) >= 11 is 0. The molecular weight excluding hydrogens is 142 g/mol. The average Bonchev–Trinajstić information content (AvgIpc) is 2.34. The maximum atomic E-state index is 11.8. The van der Waals surface area contributed by atoms with Crippen LogP contribution in [-0.2, 0) is 4.79 Å². The van der Waals surface area contributed by atoms with Crippen molar-refractivity contribution in [3.05, 3.63) is 0 Å². The molecule has 1 aliphatic heterocycles. The third-order valence-corrected chi connectivity index (χ3v) is 1.24. The van der Waals surface area contributed by atoms with E-state index in [2.05, 4.69) is 10.5 Å². The SMILES string of the molecule is O=CC1=NNC(C(F)F)C1. The minimum atomic E-state index is -2.46. The number of rotatable bonds is 2. The molecule has 1 rings (SSSR count). The fourth-order valence-corrected chi connectivity index (χ4v) is 0.702. The number of hydrogen-bond donors (Lipinski definition) is 1. The lowest BCUT2D eigenvalue weighted by Gasteiger charge is -2.05. The lowest BCUT2D eigenvalue weighted by molar-refractivity contribution is -0.102. The van der Waals surface area contributed by atoms with Crippen molar-refractivity contribution >= 4 is 12.0 Å². The van der Waals surface area contributed by atoms with Gasteiger partial charge in [-0.05, 0) is 0 Å². The van der Waals surface area contributed by atoms with E-state index in [1.807, 2.05) is 0 Å². The molecule has 0 aliphatic carbocycles. The smallest absolute Gasteiger partial charge is 0.260 e. The summed E-state index contributed by atoms with van der Waals surface area (Å²) < 4.78 is 23.6. The van der Waals surface area contributed by atoms with E-state index in [1.54, 1.807) is 0 Å². The first-order valence-electron chi connectivity index (χ1n) is 2.79. The number of carbonyl (C=O) groups excluding carboxylic acids is 1. The Morgan fingerprint density at radius 2 is 2.50 bits per heavy atom. The Bertz CT molecular complexity index is 169. The molecule has 0 amide bonds. The Kier molecular flexibility index (Phi) is 1.94. The Hall–Kier alpha value is -1.00. The van der Waals surface area contributed by atoms with Gasteiger partial charge >= 0.3 is 0 Å². The zero-order valence-corrected chi connectivity index (χ0v) is 5.05. The molecule has 0 saturated carbocycles. The van der Waals surface area contributed by atoms with Crippen molar-refractivity contribution < 1.29 is 13.6 Å². The van der Waals surface area contributed by atoms with E-state index in [4.69, 9.17) is 0 Å². The summed E-state index contributed by atoms with van der Waals surface area (Å²) in [6.07, 6.45) is -1.95. The second-order valence-electron chi connectivity index (χ2n) is 2.00. The van der Waals surface area contributed by atoms with Crippen LogP contribution in [-0.4, -0.2) is 24.5 Å². The Morgan fingerprint density at radius 1 is 1.80 bits per heavy atom. The number of aldehydes is 1. The monoisotopic (exact) mass is 148 g/mol. The minimum Gasteiger partial charge on any atom is -0.300 e. The molecule has 0 aromatic rings. The van der Waals surface area contributed by atoms with E-state index >= 15 is 0 Å². The van der Waals surface area contributed by atoms with Crippen LogP contribution >= 0.6 is 0 Å². The van der Waals surface area contributed by atoms with E-state index in [0.29, 0.717) is 6.29 Å². The van der Waals surface area contributed by atoms with Gasteiger partial charge in [0.1, 0.15) is 11.8 Å². The molecular formula is C5H6F2N2O. The summed E-state index contributed by atoms with van der Waals surface area (Å²) in [6.45, 7) is 0. The molecule has 10 heavy (non-hydrogen) atoms. The Labute approximate surface area is 56.1 Å². The molecule has 1 N–H and O–H groups in total. The van der Waals surface area contributed by atoms with Crippen LogP contribution in [0.2, 0.25) is 0 Å². The molecule has 1 aliphatic rings. The maximum Gasteiger partial charge on any atom is 0.260 e. The van der Waals surface area contributed by atoms with Crippen molar-refractivity contribution in [3.8, 4) is 0 Å². The molecule has 56 valence electrons. The summed E-state index contributed by atoms with van der Waals surface area (Å²) in [5.74, 6) is 0. The molecule has 0 aromatic heterocycles. The molecule has 0 fully saturated rings. The number of nitrogens with zero attached hydrogens (tertiary/aromatic N) is 1. The molecule has 1 heterocycles. The first-order valence-corrected chi connectivity index (χ1v) is 2.79. The predicted molar refractivity (Wildman–Crippen MR) is 31.0 cm³/mol. The average molecular weight is 148 g/mol. The number of carbonyl (C=O) groups is 1. The van der Waals surface area contributed by atoms with Crippen LogP contribution in [0.5, 0.6) is 0 Å². The van der Waals surface area contributed by atoms with Gasteiger partial charge in [0.15, 0.2) is 6.29 Å². The van der Waals surface area contributed by atoms with Gasteiger partial charge in [-0.2, -0.15) is 5.10 Å². The van der Waals surface area contributed by atoms with E-state index in [0.717, 1.165) is 0 Å². The highest BCUT2D eigenvalue weighted by Gasteiger charge is 2.25.